The van der Waals surface area contributed by atoms with Gasteiger partial charge in [-0.05, 0) is 23.1 Å². The summed E-state index contributed by atoms with van der Waals surface area (Å²) in [5, 5.41) is 20.5. The molecule has 0 saturated carbocycles. The van der Waals surface area contributed by atoms with Gasteiger partial charge in [0.1, 0.15) is 5.82 Å². The molecule has 0 fully saturated rings. The molecule has 1 aromatic rings. The molecule has 66 valence electrons. The summed E-state index contributed by atoms with van der Waals surface area (Å²) in [6, 6.07) is 3.13. The molecule has 0 aliphatic heterocycles. The summed E-state index contributed by atoms with van der Waals surface area (Å²) in [6.07, 6.45) is 0. The third kappa shape index (κ3) is 2.45. The Kier molecular flexibility index (Phi) is 2.86. The quantitative estimate of drug-likeness (QED) is 0.300. The van der Waals surface area contributed by atoms with Crippen LogP contribution in [0.15, 0.2) is 23.3 Å². The van der Waals surface area contributed by atoms with Crippen molar-refractivity contribution in [1.82, 2.24) is 0 Å². The summed E-state index contributed by atoms with van der Waals surface area (Å²) < 4.78 is 12.7. The van der Waals surface area contributed by atoms with Crippen molar-refractivity contribution in [3.05, 3.63) is 34.5 Å². The molecule has 0 aliphatic carbocycles. The summed E-state index contributed by atoms with van der Waals surface area (Å²) in [7, 11) is -1.77. The number of hydrogen-bond acceptors (Lipinski definition) is 3. The number of halogens is 1. The second-order valence-electron chi connectivity index (χ2n) is 2.31. The summed E-state index contributed by atoms with van der Waals surface area (Å²) >= 11 is 0. The molecule has 0 unspecified atom stereocenters. The van der Waals surface area contributed by atoms with E-state index in [1.807, 2.05) is 0 Å². The zero-order valence-electron chi connectivity index (χ0n) is 6.42. The van der Waals surface area contributed by atoms with E-state index < -0.39 is 12.9 Å². The van der Waals surface area contributed by atoms with Gasteiger partial charge < -0.3 is 10.0 Å². The Bertz CT molecular complexity index is 365. The molecule has 5 nitrogen and oxygen atoms in total. The van der Waals surface area contributed by atoms with Gasteiger partial charge in [0.05, 0.1) is 0 Å². The lowest BCUT2D eigenvalue weighted by Crippen LogP contribution is -2.29. The fraction of sp³-hybridized carbons (Fsp3) is 0. The van der Waals surface area contributed by atoms with E-state index in [0.717, 1.165) is 12.1 Å². The lowest BCUT2D eigenvalue weighted by Gasteiger charge is -2.00. The molecule has 7 heteroatoms. The lowest BCUT2D eigenvalue weighted by atomic mass is 9.80. The van der Waals surface area contributed by atoms with Gasteiger partial charge in [-0.15, -0.1) is 0 Å². The minimum absolute atomic E-state index is 0.00519. The monoisotopic (exact) mass is 181 g/mol. The maximum atomic E-state index is 12.7. The van der Waals surface area contributed by atoms with Crippen LogP contribution >= 0.6 is 0 Å². The Labute approximate surface area is 73.2 Å². The van der Waals surface area contributed by atoms with Crippen LogP contribution < -0.4 is 5.46 Å². The van der Waals surface area contributed by atoms with Gasteiger partial charge >= 0.3 is 7.12 Å². The molecule has 0 radical (unpaired) electrons. The van der Waals surface area contributed by atoms with E-state index in [1.165, 1.54) is 6.07 Å². The van der Waals surface area contributed by atoms with Gasteiger partial charge in [0.15, 0.2) is 0 Å². The second kappa shape index (κ2) is 3.91. The van der Waals surface area contributed by atoms with Gasteiger partial charge in [-0.1, -0.05) is 11.2 Å². The number of benzene rings is 1. The standard InChI is InChI=1S/C6H5BFN3O2/c8-5-1-4(7(12)13)2-6(3-5)10-11-9/h1-3,12-13H. The van der Waals surface area contributed by atoms with Gasteiger partial charge in [0, 0.05) is 10.6 Å². The molecule has 0 spiro atoms. The normalized spacial score (nSPS) is 9.15. The third-order valence-electron chi connectivity index (χ3n) is 1.36. The molecule has 2 N–H and O–H groups in total. The van der Waals surface area contributed by atoms with E-state index in [4.69, 9.17) is 15.6 Å². The van der Waals surface area contributed by atoms with Crippen molar-refractivity contribution in [2.24, 2.45) is 5.11 Å². The van der Waals surface area contributed by atoms with Crippen LogP contribution in [0.25, 0.3) is 10.4 Å². The number of hydrogen-bond donors (Lipinski definition) is 2. The molecule has 1 rings (SSSR count). The molecule has 0 atom stereocenters. The van der Waals surface area contributed by atoms with Crippen LogP contribution in [0.3, 0.4) is 0 Å². The summed E-state index contributed by atoms with van der Waals surface area (Å²) in [4.78, 5) is 2.44. The van der Waals surface area contributed by atoms with Crippen molar-refractivity contribution in [3.63, 3.8) is 0 Å². The van der Waals surface area contributed by atoms with Crippen molar-refractivity contribution in [1.29, 1.82) is 0 Å². The number of azide groups is 1. The van der Waals surface area contributed by atoms with E-state index in [0.29, 0.717) is 0 Å². The van der Waals surface area contributed by atoms with Crippen LogP contribution in [0.2, 0.25) is 0 Å². The Morgan fingerprint density at radius 2 is 2.08 bits per heavy atom. The molecule has 0 aromatic heterocycles. The first-order valence-corrected chi connectivity index (χ1v) is 3.35. The second-order valence-corrected chi connectivity index (χ2v) is 2.31. The predicted octanol–water partition coefficient (Wildman–Crippen LogP) is 0.447. The first-order valence-electron chi connectivity index (χ1n) is 3.35. The number of nitrogens with zero attached hydrogens (tertiary/aromatic N) is 3. The first kappa shape index (κ1) is 9.53. The average molecular weight is 181 g/mol. The maximum absolute atomic E-state index is 12.7. The zero-order chi connectivity index (χ0) is 9.84. The van der Waals surface area contributed by atoms with Crippen molar-refractivity contribution in [3.8, 4) is 0 Å². The Morgan fingerprint density at radius 1 is 1.38 bits per heavy atom. The molecule has 0 aliphatic rings. The largest absolute Gasteiger partial charge is 0.488 e. The van der Waals surface area contributed by atoms with Crippen LogP contribution in [0.4, 0.5) is 10.1 Å². The van der Waals surface area contributed by atoms with E-state index in [2.05, 4.69) is 10.0 Å². The van der Waals surface area contributed by atoms with Gasteiger partial charge in [0.2, 0.25) is 0 Å². The molecular formula is C6H5BFN3O2. The minimum atomic E-state index is -1.77. The van der Waals surface area contributed by atoms with Crippen molar-refractivity contribution < 1.29 is 14.4 Å². The van der Waals surface area contributed by atoms with Crippen molar-refractivity contribution in [2.45, 2.75) is 0 Å². The smallest absolute Gasteiger partial charge is 0.423 e. The van der Waals surface area contributed by atoms with Crippen LogP contribution in [0.5, 0.6) is 0 Å². The lowest BCUT2D eigenvalue weighted by molar-refractivity contribution is 0.425. The van der Waals surface area contributed by atoms with Gasteiger partial charge in [0.25, 0.3) is 0 Å². The van der Waals surface area contributed by atoms with Crippen LogP contribution in [-0.4, -0.2) is 17.2 Å². The Morgan fingerprint density at radius 3 is 2.62 bits per heavy atom. The molecule has 0 saturated heterocycles. The average Bonchev–Trinajstić information content (AvgIpc) is 2.03. The van der Waals surface area contributed by atoms with Gasteiger partial charge in [-0.2, -0.15) is 0 Å². The fourth-order valence-corrected chi connectivity index (χ4v) is 0.855. The zero-order valence-corrected chi connectivity index (χ0v) is 6.42. The fourth-order valence-electron chi connectivity index (χ4n) is 0.855. The van der Waals surface area contributed by atoms with E-state index in [-0.39, 0.29) is 11.2 Å². The maximum Gasteiger partial charge on any atom is 0.488 e. The third-order valence-corrected chi connectivity index (χ3v) is 1.36. The molecule has 1 aromatic carbocycles. The minimum Gasteiger partial charge on any atom is -0.423 e. The Hall–Kier alpha value is -1.56. The van der Waals surface area contributed by atoms with Crippen molar-refractivity contribution in [2.75, 3.05) is 0 Å². The highest BCUT2D eigenvalue weighted by molar-refractivity contribution is 6.58. The molecule has 13 heavy (non-hydrogen) atoms. The van der Waals surface area contributed by atoms with E-state index in [1.54, 1.807) is 0 Å². The summed E-state index contributed by atoms with van der Waals surface area (Å²) in [6.45, 7) is 0. The van der Waals surface area contributed by atoms with E-state index >= 15 is 0 Å². The van der Waals surface area contributed by atoms with Crippen LogP contribution in [0.1, 0.15) is 0 Å². The van der Waals surface area contributed by atoms with Gasteiger partial charge in [-0.25, -0.2) is 4.39 Å². The first-order chi connectivity index (χ1) is 6.13. The van der Waals surface area contributed by atoms with Gasteiger partial charge in [-0.3, -0.25) is 0 Å². The van der Waals surface area contributed by atoms with Crippen LogP contribution in [-0.2, 0) is 0 Å². The molecule has 0 heterocycles. The highest BCUT2D eigenvalue weighted by Gasteiger charge is 2.12. The molecular weight excluding hydrogens is 176 g/mol. The summed E-state index contributed by atoms with van der Waals surface area (Å²) in [5.41, 5.74) is 8.00. The molecule has 0 amide bonds. The Balaban J connectivity index is 3.18. The molecule has 0 bridgehead atoms. The highest BCUT2D eigenvalue weighted by Crippen LogP contribution is 2.11. The predicted molar refractivity (Wildman–Crippen MR) is 45.0 cm³/mol. The summed E-state index contributed by atoms with van der Waals surface area (Å²) in [5.74, 6) is -0.687. The highest BCUT2D eigenvalue weighted by atomic mass is 19.1. The SMILES string of the molecule is [N-]=[N+]=Nc1cc(F)cc(B(O)O)c1. The van der Waals surface area contributed by atoms with Crippen LogP contribution in [0, 0.1) is 5.82 Å². The number of rotatable bonds is 2. The van der Waals surface area contributed by atoms with Crippen molar-refractivity contribution >= 4 is 18.3 Å². The van der Waals surface area contributed by atoms with E-state index in [9.17, 15) is 4.39 Å². The topological polar surface area (TPSA) is 89.2 Å².